The van der Waals surface area contributed by atoms with Gasteiger partial charge in [0.15, 0.2) is 0 Å². The van der Waals surface area contributed by atoms with Crippen LogP contribution in [0.4, 0.5) is 28.8 Å². The summed E-state index contributed by atoms with van der Waals surface area (Å²) in [6.07, 6.45) is 2.85. The number of ether oxygens (including phenoxy) is 1. The maximum Gasteiger partial charge on any atom is 0.353 e. The summed E-state index contributed by atoms with van der Waals surface area (Å²) < 4.78 is 5.10. The topological polar surface area (TPSA) is 115 Å². The number of nitrogens with zero attached hydrogens (tertiary/aromatic N) is 4. The Morgan fingerprint density at radius 1 is 1.00 bits per heavy atom. The minimum atomic E-state index is -0.535. The lowest BCUT2D eigenvalue weighted by Gasteiger charge is -2.11. The van der Waals surface area contributed by atoms with E-state index < -0.39 is 4.92 Å². The zero-order valence-corrected chi connectivity index (χ0v) is 14.1. The molecule has 0 saturated heterocycles. The molecule has 2 N–H and O–H groups in total. The molecule has 0 unspecified atom stereocenters. The molecule has 2 aromatic heterocycles. The second kappa shape index (κ2) is 7.43. The highest BCUT2D eigenvalue weighted by atomic mass is 16.6. The van der Waals surface area contributed by atoms with Crippen LogP contribution in [0.1, 0.15) is 5.56 Å². The third-order valence-corrected chi connectivity index (χ3v) is 3.60. The van der Waals surface area contributed by atoms with E-state index in [2.05, 4.69) is 25.6 Å². The number of aryl methyl sites for hydroxylation is 1. The maximum atomic E-state index is 11.6. The number of pyridine rings is 1. The zero-order valence-electron chi connectivity index (χ0n) is 14.1. The quantitative estimate of drug-likeness (QED) is 0.511. The SMILES string of the molecule is COc1ccc(Nc2ncnc(Nc3ncccc3C)c2[N+](=O)[O-])cc1. The number of hydrogen-bond donors (Lipinski definition) is 2. The van der Waals surface area contributed by atoms with Crippen molar-refractivity contribution in [1.29, 1.82) is 0 Å². The fraction of sp³-hybridized carbons (Fsp3) is 0.118. The average Bonchev–Trinajstić information content (AvgIpc) is 2.64. The molecule has 132 valence electrons. The van der Waals surface area contributed by atoms with Crippen LogP contribution in [0.5, 0.6) is 5.75 Å². The minimum Gasteiger partial charge on any atom is -0.497 e. The molecule has 0 aliphatic carbocycles. The fourth-order valence-corrected chi connectivity index (χ4v) is 2.27. The van der Waals surface area contributed by atoms with Gasteiger partial charge in [-0.05, 0) is 42.8 Å². The number of rotatable bonds is 6. The molecule has 0 amide bonds. The van der Waals surface area contributed by atoms with Crippen molar-refractivity contribution < 1.29 is 9.66 Å². The Labute approximate surface area is 149 Å². The van der Waals surface area contributed by atoms with Crippen LogP contribution in [-0.2, 0) is 0 Å². The lowest BCUT2D eigenvalue weighted by Crippen LogP contribution is -2.06. The number of aromatic nitrogens is 3. The Kier molecular flexibility index (Phi) is 4.88. The van der Waals surface area contributed by atoms with Crippen LogP contribution in [0.2, 0.25) is 0 Å². The average molecular weight is 352 g/mol. The molecule has 0 saturated carbocycles. The van der Waals surface area contributed by atoms with E-state index in [-0.39, 0.29) is 17.3 Å². The molecule has 2 heterocycles. The first-order chi connectivity index (χ1) is 12.6. The minimum absolute atomic E-state index is 0.0582. The molecule has 26 heavy (non-hydrogen) atoms. The summed E-state index contributed by atoms with van der Waals surface area (Å²) in [5.41, 5.74) is 1.20. The molecule has 3 aromatic rings. The molecule has 0 aliphatic heterocycles. The Bertz CT molecular complexity index is 930. The van der Waals surface area contributed by atoms with Crippen molar-refractivity contribution in [2.75, 3.05) is 17.7 Å². The van der Waals surface area contributed by atoms with Gasteiger partial charge < -0.3 is 15.4 Å². The molecule has 3 rings (SSSR count). The first kappa shape index (κ1) is 17.1. The Morgan fingerprint density at radius 2 is 1.69 bits per heavy atom. The summed E-state index contributed by atoms with van der Waals surface area (Å²) in [5, 5.41) is 17.5. The first-order valence-electron chi connectivity index (χ1n) is 7.67. The number of benzene rings is 1. The number of hydrogen-bond acceptors (Lipinski definition) is 8. The highest BCUT2D eigenvalue weighted by Gasteiger charge is 2.24. The zero-order chi connectivity index (χ0) is 18.5. The summed E-state index contributed by atoms with van der Waals surface area (Å²) >= 11 is 0. The van der Waals surface area contributed by atoms with Crippen molar-refractivity contribution in [2.24, 2.45) is 0 Å². The van der Waals surface area contributed by atoms with Crippen LogP contribution in [0.25, 0.3) is 0 Å². The molecular weight excluding hydrogens is 336 g/mol. The molecule has 0 atom stereocenters. The van der Waals surface area contributed by atoms with Gasteiger partial charge in [-0.25, -0.2) is 15.0 Å². The van der Waals surface area contributed by atoms with E-state index in [4.69, 9.17) is 4.74 Å². The van der Waals surface area contributed by atoms with Gasteiger partial charge in [-0.3, -0.25) is 10.1 Å². The largest absolute Gasteiger partial charge is 0.497 e. The van der Waals surface area contributed by atoms with E-state index in [0.29, 0.717) is 17.3 Å². The van der Waals surface area contributed by atoms with Gasteiger partial charge >= 0.3 is 5.69 Å². The van der Waals surface area contributed by atoms with Crippen molar-refractivity contribution in [3.8, 4) is 5.75 Å². The van der Waals surface area contributed by atoms with Crippen molar-refractivity contribution in [3.05, 3.63) is 64.6 Å². The van der Waals surface area contributed by atoms with Gasteiger partial charge in [-0.2, -0.15) is 0 Å². The van der Waals surface area contributed by atoms with Crippen LogP contribution in [0.3, 0.4) is 0 Å². The van der Waals surface area contributed by atoms with E-state index in [1.54, 1.807) is 43.6 Å². The number of nitro groups is 1. The Hall–Kier alpha value is -3.75. The van der Waals surface area contributed by atoms with Crippen LogP contribution in [0.15, 0.2) is 48.9 Å². The number of anilines is 4. The second-order valence-electron chi connectivity index (χ2n) is 5.32. The number of methoxy groups -OCH3 is 1. The third-order valence-electron chi connectivity index (χ3n) is 3.60. The van der Waals surface area contributed by atoms with Gasteiger partial charge in [0.25, 0.3) is 0 Å². The predicted molar refractivity (Wildman–Crippen MR) is 97.2 cm³/mol. The van der Waals surface area contributed by atoms with E-state index in [0.717, 1.165) is 5.56 Å². The molecular formula is C17H16N6O3. The Morgan fingerprint density at radius 3 is 2.31 bits per heavy atom. The lowest BCUT2D eigenvalue weighted by molar-refractivity contribution is -0.383. The maximum absolute atomic E-state index is 11.6. The van der Waals surface area contributed by atoms with Gasteiger partial charge in [-0.1, -0.05) is 6.07 Å². The lowest BCUT2D eigenvalue weighted by atomic mass is 10.3. The number of nitrogens with one attached hydrogen (secondary N) is 2. The van der Waals surface area contributed by atoms with Gasteiger partial charge in [0.2, 0.25) is 11.6 Å². The standard InChI is InChI=1S/C17H16N6O3/c1-11-4-3-9-18-15(11)22-17-14(23(24)25)16(19-10-20-17)21-12-5-7-13(26-2)8-6-12/h3-10H,1-2H3,(H2,18,19,20,21,22). The molecule has 0 aliphatic rings. The van der Waals surface area contributed by atoms with E-state index in [1.807, 2.05) is 13.0 Å². The van der Waals surface area contributed by atoms with E-state index in [9.17, 15) is 10.1 Å². The van der Waals surface area contributed by atoms with Crippen LogP contribution < -0.4 is 15.4 Å². The van der Waals surface area contributed by atoms with Crippen LogP contribution in [-0.4, -0.2) is 27.0 Å². The highest BCUT2D eigenvalue weighted by molar-refractivity contribution is 5.76. The predicted octanol–water partition coefficient (Wildman–Crippen LogP) is 3.58. The highest BCUT2D eigenvalue weighted by Crippen LogP contribution is 2.33. The molecule has 0 fully saturated rings. The first-order valence-corrected chi connectivity index (χ1v) is 7.67. The van der Waals surface area contributed by atoms with Gasteiger partial charge in [0, 0.05) is 11.9 Å². The van der Waals surface area contributed by atoms with E-state index in [1.165, 1.54) is 6.33 Å². The molecule has 1 aromatic carbocycles. The molecule has 0 radical (unpaired) electrons. The normalized spacial score (nSPS) is 10.2. The van der Waals surface area contributed by atoms with Crippen molar-refractivity contribution in [1.82, 2.24) is 15.0 Å². The second-order valence-corrected chi connectivity index (χ2v) is 5.32. The third kappa shape index (κ3) is 3.66. The molecule has 9 heteroatoms. The molecule has 9 nitrogen and oxygen atoms in total. The monoisotopic (exact) mass is 352 g/mol. The molecule has 0 bridgehead atoms. The summed E-state index contributed by atoms with van der Waals surface area (Å²) in [4.78, 5) is 23.3. The smallest absolute Gasteiger partial charge is 0.353 e. The summed E-state index contributed by atoms with van der Waals surface area (Å²) in [5.74, 6) is 1.31. The van der Waals surface area contributed by atoms with E-state index >= 15 is 0 Å². The van der Waals surface area contributed by atoms with Gasteiger partial charge in [0.05, 0.1) is 12.0 Å². The van der Waals surface area contributed by atoms with Crippen molar-refractivity contribution in [3.63, 3.8) is 0 Å². The molecule has 0 spiro atoms. The van der Waals surface area contributed by atoms with Crippen LogP contribution >= 0.6 is 0 Å². The fourth-order valence-electron chi connectivity index (χ4n) is 2.27. The Balaban J connectivity index is 1.95. The van der Waals surface area contributed by atoms with Crippen LogP contribution in [0, 0.1) is 17.0 Å². The summed E-state index contributed by atoms with van der Waals surface area (Å²) in [6.45, 7) is 1.85. The summed E-state index contributed by atoms with van der Waals surface area (Å²) in [7, 11) is 1.56. The summed E-state index contributed by atoms with van der Waals surface area (Å²) in [6, 6.07) is 10.6. The van der Waals surface area contributed by atoms with Gasteiger partial charge in [-0.15, -0.1) is 0 Å². The van der Waals surface area contributed by atoms with Crippen molar-refractivity contribution >= 4 is 28.8 Å². The van der Waals surface area contributed by atoms with Gasteiger partial charge in [0.1, 0.15) is 17.9 Å². The van der Waals surface area contributed by atoms with Crippen molar-refractivity contribution in [2.45, 2.75) is 6.92 Å².